The Morgan fingerprint density at radius 2 is 0.925 bits per heavy atom. The van der Waals surface area contributed by atoms with E-state index in [9.17, 15) is 0 Å². The predicted molar refractivity (Wildman–Crippen MR) is 218 cm³/mol. The second-order valence-electron chi connectivity index (χ2n) is 14.0. The van der Waals surface area contributed by atoms with Crippen LogP contribution in [-0.2, 0) is 5.41 Å². The Morgan fingerprint density at radius 1 is 0.415 bits per heavy atom. The standard InChI is InChI=1S/C50H31N3/c1-51-35-16-14-15-33(29-35)34-30-36(52-46-25-10-4-19-40(46)41-20-5-11-26-47(41)52)32-37(31-34)53-48-27-12-8-23-44(48)50(45-24-9-13-28-49(45)53)42-21-6-2-17-38(42)39-18-3-7-22-43(39)50/h2-32H. The molecule has 9 aromatic rings. The summed E-state index contributed by atoms with van der Waals surface area (Å²) in [6.07, 6.45) is 0. The van der Waals surface area contributed by atoms with E-state index in [4.69, 9.17) is 6.57 Å². The van der Waals surface area contributed by atoms with Crippen molar-refractivity contribution in [2.75, 3.05) is 4.90 Å². The number of nitrogens with zero attached hydrogens (tertiary/aromatic N) is 3. The topological polar surface area (TPSA) is 12.5 Å². The van der Waals surface area contributed by atoms with Gasteiger partial charge in [-0.2, -0.15) is 0 Å². The lowest BCUT2D eigenvalue weighted by Crippen LogP contribution is -2.36. The fourth-order valence-corrected chi connectivity index (χ4v) is 9.32. The zero-order chi connectivity index (χ0) is 35.1. The van der Waals surface area contributed by atoms with Crippen molar-refractivity contribution in [1.82, 2.24) is 4.57 Å². The average molecular weight is 674 g/mol. The van der Waals surface area contributed by atoms with E-state index in [0.717, 1.165) is 44.9 Å². The maximum atomic E-state index is 7.80. The minimum atomic E-state index is -0.478. The van der Waals surface area contributed by atoms with Crippen molar-refractivity contribution < 1.29 is 0 Å². The number of benzene rings is 8. The molecule has 0 amide bonds. The van der Waals surface area contributed by atoms with Gasteiger partial charge in [0.1, 0.15) is 0 Å². The SMILES string of the molecule is [C-]#[N+]c1cccc(-c2cc(N3c4ccccc4C4(c5ccccc5-c5ccccc54)c4ccccc43)cc(-n3c4ccccc4c4ccccc43)c2)c1. The average Bonchev–Trinajstić information content (AvgIpc) is 3.72. The normalized spacial score (nSPS) is 13.4. The first-order chi connectivity index (χ1) is 26.3. The lowest BCUT2D eigenvalue weighted by atomic mass is 9.64. The van der Waals surface area contributed by atoms with E-state index in [2.05, 4.69) is 184 Å². The van der Waals surface area contributed by atoms with E-state index in [1.807, 2.05) is 18.2 Å². The predicted octanol–water partition coefficient (Wildman–Crippen LogP) is 13.1. The number of rotatable bonds is 3. The Balaban J connectivity index is 1.24. The van der Waals surface area contributed by atoms with Crippen LogP contribution in [0.2, 0.25) is 0 Å². The monoisotopic (exact) mass is 673 g/mol. The van der Waals surface area contributed by atoms with Gasteiger partial charge in [-0.1, -0.05) is 140 Å². The van der Waals surface area contributed by atoms with Crippen LogP contribution in [0.1, 0.15) is 22.3 Å². The van der Waals surface area contributed by atoms with Gasteiger partial charge in [-0.25, -0.2) is 4.85 Å². The van der Waals surface area contributed by atoms with Gasteiger partial charge in [0.25, 0.3) is 0 Å². The Morgan fingerprint density at radius 3 is 1.53 bits per heavy atom. The molecule has 3 heteroatoms. The van der Waals surface area contributed by atoms with Gasteiger partial charge in [-0.05, 0) is 93.0 Å². The molecule has 1 aliphatic heterocycles. The Labute approximate surface area is 308 Å². The van der Waals surface area contributed by atoms with Crippen LogP contribution >= 0.6 is 0 Å². The zero-order valence-electron chi connectivity index (χ0n) is 28.7. The molecule has 3 nitrogen and oxygen atoms in total. The molecule has 1 aromatic heterocycles. The second-order valence-corrected chi connectivity index (χ2v) is 14.0. The van der Waals surface area contributed by atoms with E-state index < -0.39 is 5.41 Å². The Hall–Kier alpha value is -7.15. The molecule has 2 heterocycles. The van der Waals surface area contributed by atoms with Gasteiger partial charge in [0.05, 0.1) is 34.4 Å². The van der Waals surface area contributed by atoms with Crippen molar-refractivity contribution in [3.8, 4) is 27.9 Å². The Kier molecular flexibility index (Phi) is 6.23. The van der Waals surface area contributed by atoms with Gasteiger partial charge in [0, 0.05) is 22.1 Å². The summed E-state index contributed by atoms with van der Waals surface area (Å²) in [4.78, 5) is 6.25. The molecule has 0 saturated heterocycles. The van der Waals surface area contributed by atoms with Crippen molar-refractivity contribution in [2.24, 2.45) is 0 Å². The summed E-state index contributed by atoms with van der Waals surface area (Å²) in [5.74, 6) is 0. The van der Waals surface area contributed by atoms with Crippen LogP contribution in [0.3, 0.4) is 0 Å². The molecular formula is C50H31N3. The number of aromatic nitrogens is 1. The van der Waals surface area contributed by atoms with Crippen LogP contribution in [0.25, 0.3) is 54.6 Å². The summed E-state index contributed by atoms with van der Waals surface area (Å²) >= 11 is 0. The molecule has 0 saturated carbocycles. The number of para-hydroxylation sites is 4. The van der Waals surface area contributed by atoms with E-state index in [1.54, 1.807) is 0 Å². The molecule has 0 radical (unpaired) electrons. The fraction of sp³-hybridized carbons (Fsp3) is 0.0200. The summed E-state index contributed by atoms with van der Waals surface area (Å²) in [7, 11) is 0. The molecule has 246 valence electrons. The van der Waals surface area contributed by atoms with Crippen molar-refractivity contribution in [2.45, 2.75) is 5.41 Å². The van der Waals surface area contributed by atoms with E-state index in [1.165, 1.54) is 44.2 Å². The lowest BCUT2D eigenvalue weighted by molar-refractivity contribution is 0.752. The van der Waals surface area contributed by atoms with Gasteiger partial charge >= 0.3 is 0 Å². The highest BCUT2D eigenvalue weighted by atomic mass is 15.2. The van der Waals surface area contributed by atoms with Gasteiger partial charge in [0.15, 0.2) is 5.69 Å². The molecule has 2 aliphatic rings. The van der Waals surface area contributed by atoms with Crippen molar-refractivity contribution >= 4 is 44.6 Å². The number of hydrogen-bond donors (Lipinski definition) is 0. The maximum absolute atomic E-state index is 7.80. The van der Waals surface area contributed by atoms with Crippen LogP contribution < -0.4 is 4.90 Å². The molecule has 0 bridgehead atoms. The first-order valence-electron chi connectivity index (χ1n) is 18.1. The van der Waals surface area contributed by atoms with Crippen LogP contribution in [0.15, 0.2) is 188 Å². The first kappa shape index (κ1) is 29.6. The molecule has 1 spiro atoms. The maximum Gasteiger partial charge on any atom is 0.187 e. The summed E-state index contributed by atoms with van der Waals surface area (Å²) in [5.41, 5.74) is 16.7. The van der Waals surface area contributed by atoms with Crippen LogP contribution in [0.5, 0.6) is 0 Å². The molecular weight excluding hydrogens is 643 g/mol. The van der Waals surface area contributed by atoms with E-state index in [-0.39, 0.29) is 0 Å². The minimum absolute atomic E-state index is 0.478. The van der Waals surface area contributed by atoms with Crippen molar-refractivity contribution in [3.05, 3.63) is 222 Å². The van der Waals surface area contributed by atoms with Gasteiger partial charge in [0.2, 0.25) is 0 Å². The third-order valence-corrected chi connectivity index (χ3v) is 11.4. The molecule has 8 aromatic carbocycles. The Bertz CT molecular complexity index is 2850. The van der Waals surface area contributed by atoms with Gasteiger partial charge < -0.3 is 9.47 Å². The number of fused-ring (bicyclic) bond motifs is 12. The van der Waals surface area contributed by atoms with E-state index in [0.29, 0.717) is 5.69 Å². The lowest BCUT2D eigenvalue weighted by Gasteiger charge is -2.45. The van der Waals surface area contributed by atoms with Gasteiger partial charge in [-0.3, -0.25) is 0 Å². The van der Waals surface area contributed by atoms with Crippen LogP contribution in [0.4, 0.5) is 22.7 Å². The molecule has 11 rings (SSSR count). The molecule has 0 N–H and O–H groups in total. The van der Waals surface area contributed by atoms with Crippen molar-refractivity contribution in [1.29, 1.82) is 0 Å². The quantitative estimate of drug-likeness (QED) is 0.170. The summed E-state index contributed by atoms with van der Waals surface area (Å²) in [6.45, 7) is 7.80. The van der Waals surface area contributed by atoms with E-state index >= 15 is 0 Å². The van der Waals surface area contributed by atoms with Crippen LogP contribution in [-0.4, -0.2) is 4.57 Å². The number of anilines is 3. The highest BCUT2D eigenvalue weighted by Gasteiger charge is 2.51. The molecule has 53 heavy (non-hydrogen) atoms. The minimum Gasteiger partial charge on any atom is -0.310 e. The summed E-state index contributed by atoms with van der Waals surface area (Å²) in [5, 5.41) is 2.44. The fourth-order valence-electron chi connectivity index (χ4n) is 9.32. The van der Waals surface area contributed by atoms with Crippen LogP contribution in [0, 0.1) is 6.57 Å². The first-order valence-corrected chi connectivity index (χ1v) is 18.1. The summed E-state index contributed by atoms with van der Waals surface area (Å²) in [6, 6.07) is 68.0. The zero-order valence-corrected chi connectivity index (χ0v) is 28.7. The van der Waals surface area contributed by atoms with Crippen molar-refractivity contribution in [3.63, 3.8) is 0 Å². The molecule has 0 unspecified atom stereocenters. The number of hydrogen-bond acceptors (Lipinski definition) is 1. The third kappa shape index (κ3) is 4.04. The molecule has 0 atom stereocenters. The third-order valence-electron chi connectivity index (χ3n) is 11.4. The summed E-state index contributed by atoms with van der Waals surface area (Å²) < 4.78 is 2.39. The van der Waals surface area contributed by atoms with Gasteiger partial charge in [-0.15, -0.1) is 0 Å². The largest absolute Gasteiger partial charge is 0.310 e. The second kappa shape index (κ2) is 11.2. The highest BCUT2D eigenvalue weighted by molar-refractivity contribution is 6.09. The smallest absolute Gasteiger partial charge is 0.187 e. The highest BCUT2D eigenvalue weighted by Crippen LogP contribution is 2.63. The molecule has 1 aliphatic carbocycles. The molecule has 0 fully saturated rings.